The number of amides is 2. The van der Waals surface area contributed by atoms with E-state index in [4.69, 9.17) is 32.7 Å². The molecule has 0 aliphatic carbocycles. The monoisotopic (exact) mass is 660 g/mol. The number of nitrogens with zero attached hydrogens (tertiary/aromatic N) is 2. The largest absolute Gasteiger partial charge is 0.513 e. The number of phenolic OH excluding ortho intramolecular Hbond substituents is 1. The molecule has 5 aromatic rings. The number of ether oxygens (including phenoxy) is 2. The van der Waals surface area contributed by atoms with Crippen LogP contribution in [0.25, 0.3) is 21.5 Å². The molecule has 0 bridgehead atoms. The quantitative estimate of drug-likeness (QED) is 0.117. The number of fused-ring (bicyclic) bond motifs is 6. The predicted octanol–water partition coefficient (Wildman–Crippen LogP) is 7.87. The van der Waals surface area contributed by atoms with E-state index in [9.17, 15) is 19.5 Å². The van der Waals surface area contributed by atoms with E-state index in [2.05, 4.69) is 0 Å². The van der Waals surface area contributed by atoms with Gasteiger partial charge in [0.05, 0.1) is 28.2 Å². The Morgan fingerprint density at radius 3 is 1.80 bits per heavy atom. The first kappa shape index (κ1) is 29.4. The van der Waals surface area contributed by atoms with Gasteiger partial charge in [-0.15, -0.1) is 34.5 Å². The summed E-state index contributed by atoms with van der Waals surface area (Å²) in [5.41, 5.74) is 3.03. The minimum atomic E-state index is -0.868. The summed E-state index contributed by atoms with van der Waals surface area (Å²) in [7, 11) is 1.23. The Morgan fingerprint density at radius 2 is 1.27 bits per heavy atom. The van der Waals surface area contributed by atoms with Crippen LogP contribution in [0.1, 0.15) is 42.3 Å². The van der Waals surface area contributed by atoms with E-state index in [1.807, 2.05) is 48.5 Å². The second kappa shape index (κ2) is 11.6. The molecule has 2 aliphatic rings. The fourth-order valence-corrected chi connectivity index (χ4v) is 7.93. The number of hydrogen-bond acceptors (Lipinski definition) is 7. The molecule has 0 fully saturated rings. The van der Waals surface area contributed by atoms with Crippen molar-refractivity contribution in [3.8, 4) is 11.5 Å². The van der Waals surface area contributed by atoms with Crippen LogP contribution in [0.4, 0.5) is 16.2 Å². The van der Waals surface area contributed by atoms with Crippen LogP contribution < -0.4 is 14.5 Å². The van der Waals surface area contributed by atoms with Gasteiger partial charge in [0.2, 0.25) is 0 Å². The third-order valence-corrected chi connectivity index (χ3v) is 10.3. The molecule has 2 aliphatic heterocycles. The van der Waals surface area contributed by atoms with Crippen LogP contribution in [0.15, 0.2) is 72.8 Å². The predicted molar refractivity (Wildman–Crippen MR) is 177 cm³/mol. The van der Waals surface area contributed by atoms with Crippen LogP contribution in [0.3, 0.4) is 0 Å². The van der Waals surface area contributed by atoms with Crippen molar-refractivity contribution in [2.45, 2.75) is 11.8 Å². The normalized spacial score (nSPS) is 17.0. The molecule has 2 amide bonds. The van der Waals surface area contributed by atoms with Gasteiger partial charge in [-0.3, -0.25) is 9.59 Å². The van der Waals surface area contributed by atoms with Gasteiger partial charge in [-0.1, -0.05) is 48.5 Å². The first-order valence-electron chi connectivity index (χ1n) is 14.3. The molecule has 228 valence electrons. The Balaban J connectivity index is 1.23. The minimum Gasteiger partial charge on any atom is -0.507 e. The number of carbonyl (C=O) groups is 3. The Morgan fingerprint density at radius 1 is 0.778 bits per heavy atom. The van der Waals surface area contributed by atoms with Crippen molar-refractivity contribution in [3.05, 3.63) is 93.7 Å². The van der Waals surface area contributed by atoms with Crippen molar-refractivity contribution < 1.29 is 29.0 Å². The van der Waals surface area contributed by atoms with Crippen LogP contribution >= 0.6 is 34.5 Å². The zero-order chi connectivity index (χ0) is 31.4. The summed E-state index contributed by atoms with van der Waals surface area (Å²) >= 11 is 13.9. The molecule has 3 heterocycles. The molecular formula is C34H26Cl2N2O6S. The number of rotatable bonds is 5. The third kappa shape index (κ3) is 4.77. The topological polar surface area (TPSA) is 96.4 Å². The SMILES string of the molecule is COC(=O)Oc1cc2c(c3ccccc13)C(CCl)CN2C(=O)c1ccc(C(=O)N2CC(CCl)c3c2cc(O)c2ccccc32)s1. The molecule has 7 rings (SSSR count). The highest BCUT2D eigenvalue weighted by molar-refractivity contribution is 7.16. The maximum atomic E-state index is 14.0. The average molecular weight is 662 g/mol. The van der Waals surface area contributed by atoms with Crippen LogP contribution in [-0.2, 0) is 4.74 Å². The fourth-order valence-electron chi connectivity index (χ4n) is 6.53. The van der Waals surface area contributed by atoms with Gasteiger partial charge in [-0.05, 0) is 34.0 Å². The molecule has 0 saturated heterocycles. The number of phenols is 1. The Kier molecular flexibility index (Phi) is 7.55. The van der Waals surface area contributed by atoms with Crippen molar-refractivity contribution in [1.29, 1.82) is 0 Å². The summed E-state index contributed by atoms with van der Waals surface area (Å²) in [6, 6.07) is 21.6. The minimum absolute atomic E-state index is 0.0871. The zero-order valence-electron chi connectivity index (χ0n) is 24.0. The van der Waals surface area contributed by atoms with E-state index in [0.29, 0.717) is 50.9 Å². The highest BCUT2D eigenvalue weighted by atomic mass is 35.5. The highest BCUT2D eigenvalue weighted by Crippen LogP contribution is 2.48. The summed E-state index contributed by atoms with van der Waals surface area (Å²) in [5.74, 6) is 0.115. The van der Waals surface area contributed by atoms with E-state index in [1.165, 1.54) is 7.11 Å². The molecule has 4 aromatic carbocycles. The average Bonchev–Trinajstić information content (AvgIpc) is 3.80. The maximum Gasteiger partial charge on any atom is 0.513 e. The molecular weight excluding hydrogens is 635 g/mol. The van der Waals surface area contributed by atoms with Gasteiger partial charge in [-0.2, -0.15) is 0 Å². The molecule has 8 nitrogen and oxygen atoms in total. The zero-order valence-corrected chi connectivity index (χ0v) is 26.3. The summed E-state index contributed by atoms with van der Waals surface area (Å²) in [5, 5.41) is 13.9. The lowest BCUT2D eigenvalue weighted by atomic mass is 9.95. The van der Waals surface area contributed by atoms with Gasteiger partial charge in [0.25, 0.3) is 11.8 Å². The van der Waals surface area contributed by atoms with Crippen molar-refractivity contribution in [2.75, 3.05) is 41.8 Å². The number of aromatic hydroxyl groups is 1. The van der Waals surface area contributed by atoms with E-state index in [-0.39, 0.29) is 41.0 Å². The number of carbonyl (C=O) groups excluding carboxylic acids is 3. The van der Waals surface area contributed by atoms with Gasteiger partial charge in [-0.25, -0.2) is 4.79 Å². The fraction of sp³-hybridized carbons (Fsp3) is 0.206. The summed E-state index contributed by atoms with van der Waals surface area (Å²) in [6.45, 7) is 0.688. The van der Waals surface area contributed by atoms with Crippen LogP contribution in [-0.4, -0.2) is 55.0 Å². The van der Waals surface area contributed by atoms with E-state index < -0.39 is 6.16 Å². The van der Waals surface area contributed by atoms with E-state index >= 15 is 0 Å². The molecule has 11 heteroatoms. The van der Waals surface area contributed by atoms with Gasteiger partial charge >= 0.3 is 6.16 Å². The summed E-state index contributed by atoms with van der Waals surface area (Å²) < 4.78 is 10.2. The van der Waals surface area contributed by atoms with Crippen molar-refractivity contribution in [1.82, 2.24) is 0 Å². The Hall–Kier alpha value is -4.31. The number of thiophene rings is 1. The molecule has 0 spiro atoms. The molecule has 0 saturated carbocycles. The first-order chi connectivity index (χ1) is 21.8. The second-order valence-electron chi connectivity index (χ2n) is 11.0. The standard InChI is InChI=1S/C34H26Cl2N2O6S/c1-43-34(42)44-27-13-25-31(23-9-5-3-7-21(23)27)19(15-36)17-38(25)33(41)29-11-10-28(45-29)32(40)37-16-18(14-35)30-22-8-4-2-6-20(22)26(39)12-24(30)37/h2-13,18-19,39H,14-17H2,1H3. The molecule has 45 heavy (non-hydrogen) atoms. The molecule has 0 radical (unpaired) electrons. The van der Waals surface area contributed by atoms with Crippen LogP contribution in [0.2, 0.25) is 0 Å². The molecule has 2 unspecified atom stereocenters. The third-order valence-electron chi connectivity index (χ3n) is 8.52. The van der Waals surface area contributed by atoms with Crippen molar-refractivity contribution in [2.24, 2.45) is 0 Å². The van der Waals surface area contributed by atoms with Crippen molar-refractivity contribution in [3.63, 3.8) is 0 Å². The number of alkyl halides is 2. The number of anilines is 2. The Labute approximate surface area is 272 Å². The number of hydrogen-bond donors (Lipinski definition) is 1. The lowest BCUT2D eigenvalue weighted by Crippen LogP contribution is -2.30. The molecule has 1 aromatic heterocycles. The lowest BCUT2D eigenvalue weighted by Gasteiger charge is -2.19. The second-order valence-corrected chi connectivity index (χ2v) is 12.7. The molecule has 1 N–H and O–H groups in total. The molecule has 2 atom stereocenters. The van der Waals surface area contributed by atoms with E-state index in [0.717, 1.165) is 33.2 Å². The maximum absolute atomic E-state index is 14.0. The van der Waals surface area contributed by atoms with Crippen LogP contribution in [0, 0.1) is 0 Å². The van der Waals surface area contributed by atoms with Gasteiger partial charge in [0.15, 0.2) is 0 Å². The number of methoxy groups -OCH3 is 1. The summed E-state index contributed by atoms with van der Waals surface area (Å²) in [6.07, 6.45) is -0.868. The van der Waals surface area contributed by atoms with Crippen molar-refractivity contribution >= 4 is 85.4 Å². The van der Waals surface area contributed by atoms with Crippen LogP contribution in [0.5, 0.6) is 11.5 Å². The summed E-state index contributed by atoms with van der Waals surface area (Å²) in [4.78, 5) is 44.0. The highest BCUT2D eigenvalue weighted by Gasteiger charge is 2.38. The smallest absolute Gasteiger partial charge is 0.507 e. The van der Waals surface area contributed by atoms with Gasteiger partial charge in [0, 0.05) is 59.6 Å². The number of halogens is 2. The number of benzene rings is 4. The van der Waals surface area contributed by atoms with Gasteiger partial charge in [0.1, 0.15) is 11.5 Å². The Bertz CT molecular complexity index is 2030. The van der Waals surface area contributed by atoms with Gasteiger partial charge < -0.3 is 24.4 Å². The van der Waals surface area contributed by atoms with E-state index in [1.54, 1.807) is 34.1 Å². The lowest BCUT2D eigenvalue weighted by molar-refractivity contribution is 0.0986. The first-order valence-corrected chi connectivity index (χ1v) is 16.1.